The lowest BCUT2D eigenvalue weighted by atomic mass is 10.2. The number of sulfone groups is 1. The highest BCUT2D eigenvalue weighted by molar-refractivity contribution is 7.90. The minimum atomic E-state index is -3.19. The molecule has 0 saturated carbocycles. The van der Waals surface area contributed by atoms with Gasteiger partial charge in [0.25, 0.3) is 0 Å². The van der Waals surface area contributed by atoms with E-state index in [9.17, 15) is 13.2 Å². The van der Waals surface area contributed by atoms with E-state index in [1.165, 1.54) is 12.1 Å². The zero-order valence-corrected chi connectivity index (χ0v) is 13.3. The van der Waals surface area contributed by atoms with E-state index in [2.05, 4.69) is 16.2 Å². The Labute approximate surface area is 130 Å². The maximum Gasteiger partial charge on any atom is 0.220 e. The lowest BCUT2D eigenvalue weighted by Crippen LogP contribution is -2.38. The zero-order valence-electron chi connectivity index (χ0n) is 12.5. The Morgan fingerprint density at radius 3 is 2.50 bits per heavy atom. The third-order valence-electron chi connectivity index (χ3n) is 3.26. The fourth-order valence-electron chi connectivity index (χ4n) is 2.07. The highest BCUT2D eigenvalue weighted by atomic mass is 32.2. The number of hydrogen-bond acceptors (Lipinski definition) is 6. The van der Waals surface area contributed by atoms with Crippen molar-refractivity contribution < 1.29 is 17.9 Å². The Hall–Kier alpha value is -1.64. The first-order chi connectivity index (χ1) is 10.4. The molecule has 0 atom stereocenters. The van der Waals surface area contributed by atoms with E-state index in [1.54, 1.807) is 12.1 Å². The standard InChI is InChI=1S/C14H21N3O4S/c1-22(19,20)13-6-4-12(5-7-13)21-8-2-3-14(18)17-11-9-15-16-10-11/h4-7,11,15-16H,2-3,8-10H2,1H3,(H,17,18). The molecule has 1 fully saturated rings. The molecule has 22 heavy (non-hydrogen) atoms. The van der Waals surface area contributed by atoms with Crippen LogP contribution in [-0.2, 0) is 14.6 Å². The molecule has 1 saturated heterocycles. The number of hydrazine groups is 1. The van der Waals surface area contributed by atoms with Crippen molar-refractivity contribution in [1.29, 1.82) is 0 Å². The number of carbonyl (C=O) groups excluding carboxylic acids is 1. The van der Waals surface area contributed by atoms with Gasteiger partial charge in [0.15, 0.2) is 9.84 Å². The molecule has 1 aliphatic heterocycles. The number of rotatable bonds is 7. The van der Waals surface area contributed by atoms with Crippen LogP contribution in [0, 0.1) is 0 Å². The van der Waals surface area contributed by atoms with E-state index in [0.717, 1.165) is 19.3 Å². The quantitative estimate of drug-likeness (QED) is 0.602. The largest absolute Gasteiger partial charge is 0.494 e. The number of ether oxygens (including phenoxy) is 1. The molecule has 1 aromatic carbocycles. The van der Waals surface area contributed by atoms with Crippen LogP contribution in [0.1, 0.15) is 12.8 Å². The van der Waals surface area contributed by atoms with Crippen LogP contribution in [0.15, 0.2) is 29.2 Å². The monoisotopic (exact) mass is 327 g/mol. The van der Waals surface area contributed by atoms with Gasteiger partial charge in [-0.25, -0.2) is 8.42 Å². The Morgan fingerprint density at radius 2 is 1.91 bits per heavy atom. The van der Waals surface area contributed by atoms with Gasteiger partial charge in [-0.3, -0.25) is 15.6 Å². The van der Waals surface area contributed by atoms with Gasteiger partial charge in [-0.1, -0.05) is 0 Å². The molecule has 0 radical (unpaired) electrons. The van der Waals surface area contributed by atoms with Gasteiger partial charge in [0.2, 0.25) is 5.91 Å². The van der Waals surface area contributed by atoms with E-state index < -0.39 is 9.84 Å². The van der Waals surface area contributed by atoms with Crippen molar-refractivity contribution in [3.63, 3.8) is 0 Å². The van der Waals surface area contributed by atoms with Gasteiger partial charge in [0, 0.05) is 25.8 Å². The highest BCUT2D eigenvalue weighted by Crippen LogP contribution is 2.16. The highest BCUT2D eigenvalue weighted by Gasteiger charge is 2.15. The summed E-state index contributed by atoms with van der Waals surface area (Å²) < 4.78 is 28.1. The van der Waals surface area contributed by atoms with Crippen molar-refractivity contribution in [1.82, 2.24) is 16.2 Å². The predicted molar refractivity (Wildman–Crippen MR) is 82.2 cm³/mol. The van der Waals surface area contributed by atoms with Gasteiger partial charge in [0.1, 0.15) is 5.75 Å². The summed E-state index contributed by atoms with van der Waals surface area (Å²) in [6, 6.07) is 6.39. The maximum atomic E-state index is 11.7. The summed E-state index contributed by atoms with van der Waals surface area (Å²) in [7, 11) is -3.19. The van der Waals surface area contributed by atoms with Crippen LogP contribution < -0.4 is 20.9 Å². The summed E-state index contributed by atoms with van der Waals surface area (Å²) in [4.78, 5) is 11.9. The predicted octanol–water partition coefficient (Wildman–Crippen LogP) is -0.158. The molecule has 1 amide bonds. The molecular weight excluding hydrogens is 306 g/mol. The summed E-state index contributed by atoms with van der Waals surface area (Å²) in [6.45, 7) is 1.87. The summed E-state index contributed by atoms with van der Waals surface area (Å²) in [5.74, 6) is 0.600. The van der Waals surface area contributed by atoms with E-state index in [4.69, 9.17) is 4.74 Å². The Bertz CT molecular complexity index is 595. The first kappa shape index (κ1) is 16.7. The van der Waals surface area contributed by atoms with Crippen LogP contribution >= 0.6 is 0 Å². The summed E-state index contributed by atoms with van der Waals surface area (Å²) in [5.41, 5.74) is 5.90. The zero-order chi connectivity index (χ0) is 16.0. The van der Waals surface area contributed by atoms with E-state index in [0.29, 0.717) is 25.2 Å². The van der Waals surface area contributed by atoms with Gasteiger partial charge < -0.3 is 10.1 Å². The number of hydrogen-bond donors (Lipinski definition) is 3. The lowest BCUT2D eigenvalue weighted by molar-refractivity contribution is -0.121. The third kappa shape index (κ3) is 5.28. The van der Waals surface area contributed by atoms with Crippen LogP contribution in [0.2, 0.25) is 0 Å². The SMILES string of the molecule is CS(=O)(=O)c1ccc(OCCCC(=O)NC2CNNC2)cc1. The molecule has 7 nitrogen and oxygen atoms in total. The second-order valence-corrected chi connectivity index (χ2v) is 7.24. The molecular formula is C14H21N3O4S. The van der Waals surface area contributed by atoms with Crippen LogP contribution in [0.3, 0.4) is 0 Å². The van der Waals surface area contributed by atoms with Crippen LogP contribution in [0.25, 0.3) is 0 Å². The Kier molecular flexibility index (Phi) is 5.76. The van der Waals surface area contributed by atoms with Crippen LogP contribution in [-0.4, -0.2) is 46.3 Å². The van der Waals surface area contributed by atoms with Crippen molar-refractivity contribution in [2.75, 3.05) is 26.0 Å². The maximum absolute atomic E-state index is 11.7. The molecule has 3 N–H and O–H groups in total. The van der Waals surface area contributed by atoms with Gasteiger partial charge in [-0.05, 0) is 30.7 Å². The molecule has 0 spiro atoms. The van der Waals surface area contributed by atoms with Gasteiger partial charge in [-0.2, -0.15) is 0 Å². The number of carbonyl (C=O) groups is 1. The fourth-order valence-corrected chi connectivity index (χ4v) is 2.70. The second-order valence-electron chi connectivity index (χ2n) is 5.22. The molecule has 1 aliphatic rings. The average molecular weight is 327 g/mol. The van der Waals surface area contributed by atoms with E-state index in [1.807, 2.05) is 0 Å². The van der Waals surface area contributed by atoms with Crippen molar-refractivity contribution in [3.8, 4) is 5.75 Å². The molecule has 0 aliphatic carbocycles. The van der Waals surface area contributed by atoms with Crippen LogP contribution in [0.4, 0.5) is 0 Å². The Balaban J connectivity index is 1.67. The molecule has 122 valence electrons. The fraction of sp³-hybridized carbons (Fsp3) is 0.500. The van der Waals surface area contributed by atoms with Crippen LogP contribution in [0.5, 0.6) is 5.75 Å². The van der Waals surface area contributed by atoms with Crippen molar-refractivity contribution in [2.45, 2.75) is 23.8 Å². The average Bonchev–Trinajstić information content (AvgIpc) is 2.96. The number of nitrogens with one attached hydrogen (secondary N) is 3. The molecule has 0 unspecified atom stereocenters. The topological polar surface area (TPSA) is 96.5 Å². The first-order valence-corrected chi connectivity index (χ1v) is 9.02. The molecule has 8 heteroatoms. The van der Waals surface area contributed by atoms with Gasteiger partial charge in [-0.15, -0.1) is 0 Å². The van der Waals surface area contributed by atoms with Crippen molar-refractivity contribution in [3.05, 3.63) is 24.3 Å². The van der Waals surface area contributed by atoms with E-state index >= 15 is 0 Å². The second kappa shape index (κ2) is 7.57. The lowest BCUT2D eigenvalue weighted by Gasteiger charge is -2.11. The summed E-state index contributed by atoms with van der Waals surface area (Å²) in [5, 5.41) is 2.92. The number of benzene rings is 1. The summed E-state index contributed by atoms with van der Waals surface area (Å²) in [6.07, 6.45) is 2.17. The van der Waals surface area contributed by atoms with Gasteiger partial charge in [0.05, 0.1) is 17.5 Å². The van der Waals surface area contributed by atoms with Crippen molar-refractivity contribution >= 4 is 15.7 Å². The molecule has 2 rings (SSSR count). The first-order valence-electron chi connectivity index (χ1n) is 7.13. The number of amides is 1. The molecule has 1 heterocycles. The minimum absolute atomic E-state index is 0.00604. The Morgan fingerprint density at radius 1 is 1.27 bits per heavy atom. The van der Waals surface area contributed by atoms with Crippen molar-refractivity contribution in [2.24, 2.45) is 0 Å². The molecule has 1 aromatic rings. The smallest absolute Gasteiger partial charge is 0.220 e. The minimum Gasteiger partial charge on any atom is -0.494 e. The molecule has 0 aromatic heterocycles. The van der Waals surface area contributed by atoms with Gasteiger partial charge >= 0.3 is 0 Å². The van der Waals surface area contributed by atoms with E-state index in [-0.39, 0.29) is 16.8 Å². The normalized spacial score (nSPS) is 15.7. The molecule has 0 bridgehead atoms. The third-order valence-corrected chi connectivity index (χ3v) is 4.38. The summed E-state index contributed by atoms with van der Waals surface area (Å²) >= 11 is 0.